The molecule has 1 amide bonds. The number of morpholine rings is 1. The van der Waals surface area contributed by atoms with Gasteiger partial charge in [-0.2, -0.15) is 0 Å². The Morgan fingerprint density at radius 3 is 2.58 bits per heavy atom. The number of amides is 1. The molecule has 0 spiro atoms. The average molecular weight is 518 g/mol. The number of nitrogens with zero attached hydrogens (tertiary/aromatic N) is 3. The van der Waals surface area contributed by atoms with E-state index in [2.05, 4.69) is 39.0 Å². The molecule has 2 N–H and O–H groups in total. The Kier molecular flexibility index (Phi) is 7.93. The summed E-state index contributed by atoms with van der Waals surface area (Å²) < 4.78 is 20.6. The van der Waals surface area contributed by atoms with E-state index in [0.717, 1.165) is 87.1 Å². The number of carbonyl (C=O) groups excluding carboxylic acids is 1. The summed E-state index contributed by atoms with van der Waals surface area (Å²) in [4.78, 5) is 20.2. The van der Waals surface area contributed by atoms with Crippen molar-refractivity contribution in [1.82, 2.24) is 15.1 Å². The van der Waals surface area contributed by atoms with Gasteiger partial charge in [-0.3, -0.25) is 9.69 Å². The fourth-order valence-electron chi connectivity index (χ4n) is 5.13. The summed E-state index contributed by atoms with van der Waals surface area (Å²) in [6, 6.07) is 11.2. The molecule has 0 aromatic heterocycles. The minimum absolute atomic E-state index is 0.215. The summed E-state index contributed by atoms with van der Waals surface area (Å²) in [7, 11) is 2.11. The van der Waals surface area contributed by atoms with Crippen molar-refractivity contribution in [2.45, 2.75) is 13.5 Å². The molecule has 7 nitrogen and oxygen atoms in total. The standard InChI is InChI=1S/C30H36FN5O2/c1-21-16-22(2)32-19-26(21)30(37)33-28-18-24(5-7-29(28)36-10-8-34(3)9-11-36)25-17-23(4-6-27(25)31)20-35-12-14-38-15-13-35/h4-7,16-19,32H,2,8-15,20H2,1,3H3,(H,33,37). The number of hydrogen-bond acceptors (Lipinski definition) is 6. The smallest absolute Gasteiger partial charge is 0.257 e. The first kappa shape index (κ1) is 26.2. The monoisotopic (exact) mass is 517 g/mol. The Labute approximate surface area is 224 Å². The quantitative estimate of drug-likeness (QED) is 0.605. The number of halogens is 1. The van der Waals surface area contributed by atoms with Gasteiger partial charge in [0.1, 0.15) is 5.82 Å². The molecule has 3 heterocycles. The van der Waals surface area contributed by atoms with E-state index in [-0.39, 0.29) is 11.7 Å². The van der Waals surface area contributed by atoms with E-state index in [1.54, 1.807) is 6.20 Å². The minimum atomic E-state index is -0.281. The van der Waals surface area contributed by atoms with Crippen LogP contribution in [0.3, 0.4) is 0 Å². The molecule has 2 aromatic rings. The lowest BCUT2D eigenvalue weighted by atomic mass is 9.99. The lowest BCUT2D eigenvalue weighted by Crippen LogP contribution is -2.44. The highest BCUT2D eigenvalue weighted by atomic mass is 19.1. The third kappa shape index (κ3) is 5.99. The van der Waals surface area contributed by atoms with Crippen molar-refractivity contribution in [1.29, 1.82) is 0 Å². The number of piperazine rings is 1. The van der Waals surface area contributed by atoms with E-state index in [9.17, 15) is 4.79 Å². The van der Waals surface area contributed by atoms with Crippen LogP contribution in [0.5, 0.6) is 0 Å². The topological polar surface area (TPSA) is 60.1 Å². The van der Waals surface area contributed by atoms with Gasteiger partial charge >= 0.3 is 0 Å². The van der Waals surface area contributed by atoms with Crippen LogP contribution in [-0.2, 0) is 16.1 Å². The third-order valence-corrected chi connectivity index (χ3v) is 7.40. The average Bonchev–Trinajstić information content (AvgIpc) is 2.91. The van der Waals surface area contributed by atoms with Crippen LogP contribution in [0.1, 0.15) is 12.5 Å². The second kappa shape index (κ2) is 11.5. The van der Waals surface area contributed by atoms with Crippen molar-refractivity contribution in [2.75, 3.05) is 69.7 Å². The fraction of sp³-hybridized carbons (Fsp3) is 0.367. The number of allylic oxidation sites excluding steroid dienone is 1. The Balaban J connectivity index is 1.46. The molecule has 0 aliphatic carbocycles. The Bertz CT molecular complexity index is 1270. The van der Waals surface area contributed by atoms with Crippen LogP contribution < -0.4 is 15.5 Å². The maximum absolute atomic E-state index is 15.1. The maximum Gasteiger partial charge on any atom is 0.257 e. The van der Waals surface area contributed by atoms with Crippen molar-refractivity contribution in [2.24, 2.45) is 0 Å². The molecular weight excluding hydrogens is 481 g/mol. The summed E-state index contributed by atoms with van der Waals surface area (Å²) in [5, 5.41) is 6.15. The molecule has 3 aliphatic rings. The molecule has 0 unspecified atom stereocenters. The van der Waals surface area contributed by atoms with Crippen molar-refractivity contribution >= 4 is 17.3 Å². The van der Waals surface area contributed by atoms with Crippen LogP contribution >= 0.6 is 0 Å². The van der Waals surface area contributed by atoms with Crippen molar-refractivity contribution < 1.29 is 13.9 Å². The summed E-state index contributed by atoms with van der Waals surface area (Å²) in [6.45, 7) is 13.3. The molecule has 0 bridgehead atoms. The normalized spacial score (nSPS) is 19.0. The van der Waals surface area contributed by atoms with Crippen molar-refractivity contribution in [3.05, 3.63) is 83.5 Å². The molecule has 2 fully saturated rings. The van der Waals surface area contributed by atoms with Crippen LogP contribution in [0.25, 0.3) is 11.1 Å². The summed E-state index contributed by atoms with van der Waals surface area (Å²) in [5.41, 5.74) is 6.06. The third-order valence-electron chi connectivity index (χ3n) is 7.40. The maximum atomic E-state index is 15.1. The molecule has 0 atom stereocenters. The zero-order valence-corrected chi connectivity index (χ0v) is 22.2. The van der Waals surface area contributed by atoms with Gasteiger partial charge in [-0.05, 0) is 61.0 Å². The Morgan fingerprint density at radius 1 is 1.08 bits per heavy atom. The van der Waals surface area contributed by atoms with Gasteiger partial charge in [0.25, 0.3) is 5.91 Å². The van der Waals surface area contributed by atoms with Gasteiger partial charge in [0.2, 0.25) is 0 Å². The second-order valence-electron chi connectivity index (χ2n) is 10.2. The zero-order chi connectivity index (χ0) is 26.6. The number of anilines is 2. The summed E-state index contributed by atoms with van der Waals surface area (Å²) in [5.74, 6) is -0.496. The van der Waals surface area contributed by atoms with Gasteiger partial charge in [0.15, 0.2) is 0 Å². The first-order valence-electron chi connectivity index (χ1n) is 13.2. The number of carbonyl (C=O) groups is 1. The molecule has 200 valence electrons. The molecular formula is C30H36FN5O2. The zero-order valence-electron chi connectivity index (χ0n) is 22.2. The highest BCUT2D eigenvalue weighted by molar-refractivity contribution is 6.08. The Hall–Kier alpha value is -3.46. The first-order valence-corrected chi connectivity index (χ1v) is 13.2. The molecule has 2 aromatic carbocycles. The van der Waals surface area contributed by atoms with Gasteiger partial charge < -0.3 is 25.2 Å². The molecule has 5 rings (SSSR count). The van der Waals surface area contributed by atoms with Crippen LogP contribution in [-0.4, -0.2) is 75.2 Å². The summed E-state index contributed by atoms with van der Waals surface area (Å²) >= 11 is 0. The van der Waals surface area contributed by atoms with Crippen molar-refractivity contribution in [3.8, 4) is 11.1 Å². The number of likely N-dealkylation sites (N-methyl/N-ethyl adjacent to an activating group) is 1. The SMILES string of the molecule is C=C1C=C(C)C(C(=O)Nc2cc(-c3cc(CN4CCOCC4)ccc3F)ccc2N2CCN(C)CC2)=CN1. The van der Waals surface area contributed by atoms with Gasteiger partial charge in [-0.1, -0.05) is 18.7 Å². The fourth-order valence-corrected chi connectivity index (χ4v) is 5.13. The number of rotatable bonds is 6. The number of hydrogen-bond donors (Lipinski definition) is 2. The molecule has 38 heavy (non-hydrogen) atoms. The molecule has 3 aliphatic heterocycles. The van der Waals surface area contributed by atoms with E-state index < -0.39 is 0 Å². The largest absolute Gasteiger partial charge is 0.379 e. The highest BCUT2D eigenvalue weighted by Gasteiger charge is 2.22. The van der Waals surface area contributed by atoms with Crippen LogP contribution in [0.2, 0.25) is 0 Å². The number of benzene rings is 2. The lowest BCUT2D eigenvalue weighted by molar-refractivity contribution is -0.112. The second-order valence-corrected chi connectivity index (χ2v) is 10.2. The first-order chi connectivity index (χ1) is 18.4. The van der Waals surface area contributed by atoms with Gasteiger partial charge in [0.05, 0.1) is 30.2 Å². The highest BCUT2D eigenvalue weighted by Crippen LogP contribution is 2.34. The van der Waals surface area contributed by atoms with Crippen LogP contribution in [0.4, 0.5) is 15.8 Å². The molecule has 2 saturated heterocycles. The van der Waals surface area contributed by atoms with E-state index in [1.165, 1.54) is 6.07 Å². The van der Waals surface area contributed by atoms with E-state index in [4.69, 9.17) is 4.74 Å². The predicted octanol–water partition coefficient (Wildman–Crippen LogP) is 3.96. The number of dihydropyridines is 1. The molecule has 0 saturated carbocycles. The van der Waals surface area contributed by atoms with Gasteiger partial charge in [-0.15, -0.1) is 0 Å². The van der Waals surface area contributed by atoms with Crippen molar-refractivity contribution in [3.63, 3.8) is 0 Å². The lowest BCUT2D eigenvalue weighted by Gasteiger charge is -2.35. The number of nitrogens with one attached hydrogen (secondary N) is 2. The van der Waals surface area contributed by atoms with Gasteiger partial charge in [0, 0.05) is 63.3 Å². The van der Waals surface area contributed by atoms with E-state index in [1.807, 2.05) is 43.3 Å². The van der Waals surface area contributed by atoms with Crippen LogP contribution in [0.15, 0.2) is 72.1 Å². The van der Waals surface area contributed by atoms with E-state index in [0.29, 0.717) is 16.8 Å². The van der Waals surface area contributed by atoms with E-state index >= 15 is 4.39 Å². The Morgan fingerprint density at radius 2 is 1.84 bits per heavy atom. The van der Waals surface area contributed by atoms with Gasteiger partial charge in [-0.25, -0.2) is 4.39 Å². The molecule has 0 radical (unpaired) electrons. The molecule has 8 heteroatoms. The minimum Gasteiger partial charge on any atom is -0.379 e. The van der Waals surface area contributed by atoms with Crippen LogP contribution in [0, 0.1) is 5.82 Å². The summed E-state index contributed by atoms with van der Waals surface area (Å²) in [6.07, 6.45) is 3.53. The predicted molar refractivity (Wildman–Crippen MR) is 150 cm³/mol. The number of ether oxygens (including phenoxy) is 1.